The van der Waals surface area contributed by atoms with E-state index >= 15 is 0 Å². The Morgan fingerprint density at radius 1 is 1.08 bits per heavy atom. The van der Waals surface area contributed by atoms with Crippen molar-refractivity contribution in [1.82, 2.24) is 10.6 Å². The van der Waals surface area contributed by atoms with Gasteiger partial charge in [0.1, 0.15) is 0 Å². The van der Waals surface area contributed by atoms with Gasteiger partial charge in [0.15, 0.2) is 17.5 Å². The van der Waals surface area contributed by atoms with Crippen LogP contribution in [0.4, 0.5) is 0 Å². The standard InChI is InChI=1S/C17H21N3O2S.HI/c1-18-17(20-11-14-5-8-23-12-14)19-10-13-3-4-15-16(9-13)22-7-2-6-21-15;/h3-5,8-9,12H,2,6-7,10-11H2,1H3,(H2,18,19,20);1H. The molecule has 2 heterocycles. The summed E-state index contributed by atoms with van der Waals surface area (Å²) in [5, 5.41) is 10.8. The zero-order chi connectivity index (χ0) is 15.9. The number of hydrogen-bond acceptors (Lipinski definition) is 4. The molecular weight excluding hydrogens is 437 g/mol. The Balaban J connectivity index is 0.00000208. The van der Waals surface area contributed by atoms with E-state index in [-0.39, 0.29) is 24.0 Å². The molecule has 5 nitrogen and oxygen atoms in total. The molecule has 2 N–H and O–H groups in total. The van der Waals surface area contributed by atoms with Crippen LogP contribution in [0.15, 0.2) is 40.0 Å². The van der Waals surface area contributed by atoms with Crippen LogP contribution in [0.25, 0.3) is 0 Å². The maximum atomic E-state index is 5.72. The predicted molar refractivity (Wildman–Crippen MR) is 109 cm³/mol. The lowest BCUT2D eigenvalue weighted by molar-refractivity contribution is 0.297. The number of nitrogens with one attached hydrogen (secondary N) is 2. The number of hydrogen-bond donors (Lipinski definition) is 2. The minimum Gasteiger partial charge on any atom is -0.490 e. The van der Waals surface area contributed by atoms with Gasteiger partial charge in [0.2, 0.25) is 0 Å². The van der Waals surface area contributed by atoms with Crippen molar-refractivity contribution in [3.05, 3.63) is 46.2 Å². The van der Waals surface area contributed by atoms with Crippen LogP contribution in [0.3, 0.4) is 0 Å². The van der Waals surface area contributed by atoms with Crippen molar-refractivity contribution < 1.29 is 9.47 Å². The first-order valence-electron chi connectivity index (χ1n) is 7.69. The molecule has 0 atom stereocenters. The molecule has 0 bridgehead atoms. The minimum atomic E-state index is 0. The predicted octanol–water partition coefficient (Wildman–Crippen LogP) is 3.39. The summed E-state index contributed by atoms with van der Waals surface area (Å²) in [6.45, 7) is 2.86. The van der Waals surface area contributed by atoms with Gasteiger partial charge in [-0.15, -0.1) is 24.0 Å². The second-order valence-electron chi connectivity index (χ2n) is 5.24. The summed E-state index contributed by atoms with van der Waals surface area (Å²) < 4.78 is 11.4. The Hall–Kier alpha value is -1.48. The molecule has 0 spiro atoms. The van der Waals surface area contributed by atoms with Crippen molar-refractivity contribution in [2.45, 2.75) is 19.5 Å². The normalized spacial score (nSPS) is 13.6. The lowest BCUT2D eigenvalue weighted by atomic mass is 10.2. The molecule has 0 saturated heterocycles. The lowest BCUT2D eigenvalue weighted by Gasteiger charge is -2.13. The van der Waals surface area contributed by atoms with Gasteiger partial charge in [-0.3, -0.25) is 4.99 Å². The van der Waals surface area contributed by atoms with Gasteiger partial charge in [0.05, 0.1) is 13.2 Å². The first-order valence-corrected chi connectivity index (χ1v) is 8.63. The number of ether oxygens (including phenoxy) is 2. The van der Waals surface area contributed by atoms with E-state index in [0.717, 1.165) is 36.0 Å². The zero-order valence-electron chi connectivity index (χ0n) is 13.6. The fourth-order valence-corrected chi connectivity index (χ4v) is 2.97. The van der Waals surface area contributed by atoms with Gasteiger partial charge >= 0.3 is 0 Å². The number of guanidine groups is 1. The summed E-state index contributed by atoms with van der Waals surface area (Å²) in [7, 11) is 1.77. The highest BCUT2D eigenvalue weighted by Gasteiger charge is 2.10. The Bertz CT molecular complexity index is 662. The third-order valence-electron chi connectivity index (χ3n) is 3.54. The molecule has 0 saturated carbocycles. The van der Waals surface area contributed by atoms with Crippen molar-refractivity contribution in [3.63, 3.8) is 0 Å². The summed E-state index contributed by atoms with van der Waals surface area (Å²) in [5.74, 6) is 2.43. The van der Waals surface area contributed by atoms with Gasteiger partial charge in [-0.2, -0.15) is 11.3 Å². The Morgan fingerprint density at radius 2 is 1.83 bits per heavy atom. The average molecular weight is 459 g/mol. The van der Waals surface area contributed by atoms with E-state index in [9.17, 15) is 0 Å². The highest BCUT2D eigenvalue weighted by atomic mass is 127. The largest absolute Gasteiger partial charge is 0.490 e. The average Bonchev–Trinajstić information content (AvgIpc) is 2.99. The second-order valence-corrected chi connectivity index (χ2v) is 6.02. The van der Waals surface area contributed by atoms with Crippen molar-refractivity contribution in [1.29, 1.82) is 0 Å². The molecule has 2 aromatic rings. The molecule has 130 valence electrons. The smallest absolute Gasteiger partial charge is 0.191 e. The van der Waals surface area contributed by atoms with Crippen LogP contribution in [0, 0.1) is 0 Å². The number of benzene rings is 1. The van der Waals surface area contributed by atoms with E-state index in [2.05, 4.69) is 32.5 Å². The second kappa shape index (κ2) is 9.73. The highest BCUT2D eigenvalue weighted by molar-refractivity contribution is 14.0. The summed E-state index contributed by atoms with van der Waals surface area (Å²) >= 11 is 1.70. The fourth-order valence-electron chi connectivity index (χ4n) is 2.30. The van der Waals surface area contributed by atoms with Crippen LogP contribution in [-0.2, 0) is 13.1 Å². The molecule has 24 heavy (non-hydrogen) atoms. The van der Waals surface area contributed by atoms with Crippen LogP contribution in [0.1, 0.15) is 17.5 Å². The zero-order valence-corrected chi connectivity index (χ0v) is 16.7. The maximum absolute atomic E-state index is 5.72. The Kier molecular flexibility index (Phi) is 7.64. The molecule has 7 heteroatoms. The van der Waals surface area contributed by atoms with Gasteiger partial charge < -0.3 is 20.1 Å². The maximum Gasteiger partial charge on any atom is 0.191 e. The Morgan fingerprint density at radius 3 is 2.54 bits per heavy atom. The summed E-state index contributed by atoms with van der Waals surface area (Å²) in [6, 6.07) is 8.15. The molecule has 1 aliphatic rings. The van der Waals surface area contributed by atoms with Crippen LogP contribution in [0.2, 0.25) is 0 Å². The highest BCUT2D eigenvalue weighted by Crippen LogP contribution is 2.30. The van der Waals surface area contributed by atoms with Gasteiger partial charge in [0.25, 0.3) is 0 Å². The van der Waals surface area contributed by atoms with Crippen LogP contribution >= 0.6 is 35.3 Å². The summed E-state index contributed by atoms with van der Waals surface area (Å²) in [5.41, 5.74) is 2.39. The SMILES string of the molecule is CN=C(NCc1ccsc1)NCc1ccc2c(c1)OCCCO2.I. The molecular formula is C17H22IN3O2S. The van der Waals surface area contributed by atoms with Gasteiger partial charge in [-0.05, 0) is 40.1 Å². The molecule has 0 fully saturated rings. The number of fused-ring (bicyclic) bond motifs is 1. The van der Waals surface area contributed by atoms with Crippen LogP contribution in [0.5, 0.6) is 11.5 Å². The molecule has 0 amide bonds. The van der Waals surface area contributed by atoms with Crippen LogP contribution < -0.4 is 20.1 Å². The molecule has 0 radical (unpaired) electrons. The first-order chi connectivity index (χ1) is 11.3. The molecule has 0 unspecified atom stereocenters. The van der Waals surface area contributed by atoms with Crippen molar-refractivity contribution in [3.8, 4) is 11.5 Å². The Labute approximate surface area is 163 Å². The molecule has 0 aliphatic carbocycles. The summed E-state index contributed by atoms with van der Waals surface area (Å²) in [4.78, 5) is 4.25. The third-order valence-corrected chi connectivity index (χ3v) is 4.27. The summed E-state index contributed by atoms with van der Waals surface area (Å²) in [6.07, 6.45) is 0.918. The molecule has 3 rings (SSSR count). The molecule has 1 aliphatic heterocycles. The van der Waals surface area contributed by atoms with Gasteiger partial charge in [0, 0.05) is 26.6 Å². The van der Waals surface area contributed by atoms with E-state index < -0.39 is 0 Å². The number of rotatable bonds is 4. The molecule has 1 aromatic carbocycles. The monoisotopic (exact) mass is 459 g/mol. The van der Waals surface area contributed by atoms with E-state index in [4.69, 9.17) is 9.47 Å². The number of nitrogens with zero attached hydrogens (tertiary/aromatic N) is 1. The van der Waals surface area contributed by atoms with Gasteiger partial charge in [-0.1, -0.05) is 6.07 Å². The first kappa shape index (κ1) is 18.9. The lowest BCUT2D eigenvalue weighted by Crippen LogP contribution is -2.36. The number of halogens is 1. The van der Waals surface area contributed by atoms with Crippen molar-refractivity contribution in [2.75, 3.05) is 20.3 Å². The third kappa shape index (κ3) is 5.27. The minimum absolute atomic E-state index is 0. The van der Waals surface area contributed by atoms with Gasteiger partial charge in [-0.25, -0.2) is 0 Å². The quantitative estimate of drug-likeness (QED) is 0.418. The van der Waals surface area contributed by atoms with E-state index in [1.54, 1.807) is 18.4 Å². The number of aliphatic imine (C=N–C) groups is 1. The topological polar surface area (TPSA) is 54.9 Å². The van der Waals surface area contributed by atoms with E-state index in [0.29, 0.717) is 19.8 Å². The van der Waals surface area contributed by atoms with E-state index in [1.807, 2.05) is 18.2 Å². The fraction of sp³-hybridized carbons (Fsp3) is 0.353. The van der Waals surface area contributed by atoms with Crippen molar-refractivity contribution >= 4 is 41.3 Å². The molecule has 1 aromatic heterocycles. The number of thiophene rings is 1. The van der Waals surface area contributed by atoms with E-state index in [1.165, 1.54) is 5.56 Å². The van der Waals surface area contributed by atoms with Crippen molar-refractivity contribution in [2.24, 2.45) is 4.99 Å². The van der Waals surface area contributed by atoms with Crippen LogP contribution in [-0.4, -0.2) is 26.2 Å².